The van der Waals surface area contributed by atoms with Crippen molar-refractivity contribution in [2.75, 3.05) is 31.7 Å². The van der Waals surface area contributed by atoms with Gasteiger partial charge in [0, 0.05) is 51.3 Å². The molecule has 0 radical (unpaired) electrons. The Kier molecular flexibility index (Phi) is 7.90. The topological polar surface area (TPSA) is 73.9 Å². The number of hydrogen-bond donors (Lipinski definition) is 0. The van der Waals surface area contributed by atoms with Crippen LogP contribution < -0.4 is 15.2 Å². The van der Waals surface area contributed by atoms with Crippen molar-refractivity contribution in [3.63, 3.8) is 0 Å². The Morgan fingerprint density at radius 2 is 1.74 bits per heavy atom. The van der Waals surface area contributed by atoms with E-state index >= 15 is 0 Å². The molecule has 1 saturated heterocycles. The smallest absolute Gasteiger partial charge is 0.282 e. The highest BCUT2D eigenvalue weighted by Crippen LogP contribution is 2.37. The second-order valence-corrected chi connectivity index (χ2v) is 17.1. The molecule has 0 spiro atoms. The highest BCUT2D eigenvalue weighted by Gasteiger charge is 2.28. The molecule has 3 aromatic heterocycles. The van der Waals surface area contributed by atoms with Crippen LogP contribution in [0.1, 0.15) is 25.0 Å². The van der Waals surface area contributed by atoms with Gasteiger partial charge in [-0.25, -0.2) is 4.98 Å². The van der Waals surface area contributed by atoms with Crippen LogP contribution in [0.4, 0.5) is 5.69 Å². The molecule has 9 heteroatoms. The van der Waals surface area contributed by atoms with Crippen molar-refractivity contribution in [2.24, 2.45) is 0 Å². The summed E-state index contributed by atoms with van der Waals surface area (Å²) in [5.74, 6) is 0.462. The average molecular weight is 546 g/mol. The lowest BCUT2D eigenvalue weighted by Crippen LogP contribution is -2.31. The van der Waals surface area contributed by atoms with Gasteiger partial charge in [0.25, 0.3) is 5.56 Å². The quantitative estimate of drug-likeness (QED) is 0.194. The van der Waals surface area contributed by atoms with E-state index in [0.717, 1.165) is 65.8 Å². The van der Waals surface area contributed by atoms with Crippen molar-refractivity contribution in [3.05, 3.63) is 64.7 Å². The van der Waals surface area contributed by atoms with Gasteiger partial charge in [-0.05, 0) is 43.9 Å². The van der Waals surface area contributed by atoms with Crippen molar-refractivity contribution in [1.29, 1.82) is 0 Å². The molecule has 8 nitrogen and oxygen atoms in total. The van der Waals surface area contributed by atoms with Crippen LogP contribution in [0.15, 0.2) is 53.5 Å². The number of rotatable bonds is 9. The third-order valence-corrected chi connectivity index (χ3v) is 9.14. The average Bonchev–Trinajstić information content (AvgIpc) is 3.34. The molecule has 0 unspecified atom stereocenters. The number of piperidine rings is 1. The van der Waals surface area contributed by atoms with Gasteiger partial charge in [-0.15, -0.1) is 0 Å². The maximum Gasteiger partial charge on any atom is 0.282 e. The molecule has 4 aromatic rings. The van der Waals surface area contributed by atoms with Crippen LogP contribution in [0.5, 0.6) is 5.88 Å². The number of aromatic nitrogens is 4. The molecule has 206 valence electrons. The number of pyridine rings is 1. The van der Waals surface area contributed by atoms with E-state index in [4.69, 9.17) is 14.6 Å². The molecule has 39 heavy (non-hydrogen) atoms. The zero-order valence-electron chi connectivity index (χ0n) is 23.7. The predicted octanol–water partition coefficient (Wildman–Crippen LogP) is 5.84. The molecule has 4 heterocycles. The summed E-state index contributed by atoms with van der Waals surface area (Å²) in [6, 6.07) is 14.9. The number of ether oxygens (including phenoxy) is 2. The number of hydrogen-bond acceptors (Lipinski definition) is 6. The monoisotopic (exact) mass is 545 g/mol. The van der Waals surface area contributed by atoms with Crippen LogP contribution in [0.25, 0.3) is 28.0 Å². The van der Waals surface area contributed by atoms with Gasteiger partial charge >= 0.3 is 0 Å². The first kappa shape index (κ1) is 27.1. The van der Waals surface area contributed by atoms with Gasteiger partial charge in [-0.1, -0.05) is 50.0 Å². The Labute approximate surface area is 231 Å². The Morgan fingerprint density at radius 1 is 1.00 bits per heavy atom. The number of nitrogens with zero attached hydrogens (tertiary/aromatic N) is 5. The highest BCUT2D eigenvalue weighted by molar-refractivity contribution is 6.76. The van der Waals surface area contributed by atoms with Crippen molar-refractivity contribution in [1.82, 2.24) is 19.2 Å². The summed E-state index contributed by atoms with van der Waals surface area (Å²) in [6.45, 7) is 12.0. The Hall–Kier alpha value is -3.43. The van der Waals surface area contributed by atoms with Gasteiger partial charge < -0.3 is 18.9 Å². The first-order chi connectivity index (χ1) is 18.8. The summed E-state index contributed by atoms with van der Waals surface area (Å²) in [5.41, 5.74) is 5.63. The minimum Gasteiger partial charge on any atom is -0.481 e. The fourth-order valence-corrected chi connectivity index (χ4v) is 6.00. The molecule has 1 aliphatic heterocycles. The summed E-state index contributed by atoms with van der Waals surface area (Å²) >= 11 is 0. The SMILES string of the molecule is COc1cc(-c2c(C)n(COCC[Si](C)(C)C)c3c(N4CCCCC4)c(-c4ccccc4)nn3c2=O)ccn1. The van der Waals surface area contributed by atoms with E-state index in [1.54, 1.807) is 23.9 Å². The molecule has 1 aliphatic rings. The van der Waals surface area contributed by atoms with E-state index in [0.29, 0.717) is 24.8 Å². The second-order valence-electron chi connectivity index (χ2n) is 11.5. The zero-order valence-corrected chi connectivity index (χ0v) is 24.7. The van der Waals surface area contributed by atoms with E-state index in [1.807, 2.05) is 31.2 Å². The molecule has 1 fully saturated rings. The summed E-state index contributed by atoms with van der Waals surface area (Å²) in [7, 11) is 0.326. The van der Waals surface area contributed by atoms with Crippen LogP contribution in [-0.2, 0) is 11.5 Å². The Bertz CT molecular complexity index is 1500. The fraction of sp³-hybridized carbons (Fsp3) is 0.433. The van der Waals surface area contributed by atoms with E-state index in [-0.39, 0.29) is 5.56 Å². The summed E-state index contributed by atoms with van der Waals surface area (Å²) in [4.78, 5) is 20.9. The van der Waals surface area contributed by atoms with Crippen LogP contribution in [0.2, 0.25) is 25.7 Å². The molecule has 0 amide bonds. The van der Waals surface area contributed by atoms with Crippen LogP contribution in [-0.4, -0.2) is 54.0 Å². The Balaban J connectivity index is 1.76. The van der Waals surface area contributed by atoms with E-state index in [9.17, 15) is 4.79 Å². The first-order valence-corrected chi connectivity index (χ1v) is 17.5. The minimum atomic E-state index is -1.25. The lowest BCUT2D eigenvalue weighted by molar-refractivity contribution is 0.0878. The van der Waals surface area contributed by atoms with Gasteiger partial charge in [0.1, 0.15) is 18.1 Å². The highest BCUT2D eigenvalue weighted by atomic mass is 28.3. The van der Waals surface area contributed by atoms with Crippen molar-refractivity contribution >= 4 is 19.4 Å². The Morgan fingerprint density at radius 3 is 2.44 bits per heavy atom. The lowest BCUT2D eigenvalue weighted by Gasteiger charge is -2.30. The molecular formula is C30H39N5O3Si. The normalized spacial score (nSPS) is 14.2. The van der Waals surface area contributed by atoms with E-state index in [2.05, 4.69) is 46.2 Å². The van der Waals surface area contributed by atoms with Gasteiger partial charge in [-0.2, -0.15) is 9.61 Å². The third-order valence-electron chi connectivity index (χ3n) is 7.43. The number of anilines is 1. The first-order valence-electron chi connectivity index (χ1n) is 13.8. The molecule has 5 rings (SSSR count). The molecule has 1 aromatic carbocycles. The summed E-state index contributed by atoms with van der Waals surface area (Å²) < 4.78 is 15.4. The number of methoxy groups -OCH3 is 1. The van der Waals surface area contributed by atoms with E-state index < -0.39 is 8.07 Å². The zero-order chi connectivity index (χ0) is 27.6. The van der Waals surface area contributed by atoms with Gasteiger partial charge in [0.2, 0.25) is 5.88 Å². The van der Waals surface area contributed by atoms with Gasteiger partial charge in [0.05, 0.1) is 12.7 Å². The largest absolute Gasteiger partial charge is 0.481 e. The maximum atomic E-state index is 14.2. The van der Waals surface area contributed by atoms with Crippen molar-refractivity contribution in [3.8, 4) is 28.3 Å². The molecule has 0 aliphatic carbocycles. The predicted molar refractivity (Wildman–Crippen MR) is 160 cm³/mol. The van der Waals surface area contributed by atoms with Crippen LogP contribution >= 0.6 is 0 Å². The molecule has 0 saturated carbocycles. The molecule has 0 bridgehead atoms. The number of fused-ring (bicyclic) bond motifs is 1. The fourth-order valence-electron chi connectivity index (χ4n) is 5.24. The maximum absolute atomic E-state index is 14.2. The van der Waals surface area contributed by atoms with Crippen molar-refractivity contribution < 1.29 is 9.47 Å². The van der Waals surface area contributed by atoms with Gasteiger partial charge in [0.15, 0.2) is 5.65 Å². The second kappa shape index (κ2) is 11.4. The minimum absolute atomic E-state index is 0.158. The van der Waals surface area contributed by atoms with Crippen LogP contribution in [0.3, 0.4) is 0 Å². The molecular weight excluding hydrogens is 506 g/mol. The van der Waals surface area contributed by atoms with Gasteiger partial charge in [-0.3, -0.25) is 4.79 Å². The van der Waals surface area contributed by atoms with Crippen LogP contribution in [0, 0.1) is 6.92 Å². The van der Waals surface area contributed by atoms with Crippen molar-refractivity contribution in [2.45, 2.75) is 58.6 Å². The molecule has 0 atom stereocenters. The lowest BCUT2D eigenvalue weighted by atomic mass is 10.1. The number of benzene rings is 1. The third kappa shape index (κ3) is 5.65. The summed E-state index contributed by atoms with van der Waals surface area (Å²) in [6.07, 6.45) is 5.13. The molecule has 0 N–H and O–H groups in total. The van der Waals surface area contributed by atoms with E-state index in [1.165, 1.54) is 6.42 Å². The summed E-state index contributed by atoms with van der Waals surface area (Å²) in [5, 5.41) is 5.00. The standard InChI is InChI=1S/C30H39N5O3Si/c1-22-26(24-14-15-31-25(20-24)37-2)30(36)35-29(34(22)21-38-18-19-39(3,4)5)28(33-16-10-7-11-17-33)27(32-35)23-12-8-6-9-13-23/h6,8-9,12-15,20H,7,10-11,16-19,21H2,1-5H3.